The van der Waals surface area contributed by atoms with Crippen LogP contribution in [-0.2, 0) is 19.6 Å². The van der Waals surface area contributed by atoms with Crippen LogP contribution in [0.3, 0.4) is 0 Å². The monoisotopic (exact) mass is 352 g/mol. The molecular formula is C15H20N4O4S. The Balaban J connectivity index is 1.77. The van der Waals surface area contributed by atoms with Gasteiger partial charge in [0.15, 0.2) is 0 Å². The van der Waals surface area contributed by atoms with Crippen LogP contribution in [0.4, 0.5) is 5.69 Å². The maximum absolute atomic E-state index is 12.5. The highest BCUT2D eigenvalue weighted by Crippen LogP contribution is 2.28. The molecule has 2 amide bonds. The zero-order valence-electron chi connectivity index (χ0n) is 13.1. The van der Waals surface area contributed by atoms with Crippen molar-refractivity contribution in [1.82, 2.24) is 4.90 Å². The Kier molecular flexibility index (Phi) is 4.33. The zero-order valence-corrected chi connectivity index (χ0v) is 13.9. The van der Waals surface area contributed by atoms with Crippen LogP contribution < -0.4 is 15.8 Å². The lowest BCUT2D eigenvalue weighted by Gasteiger charge is -2.21. The first kappa shape index (κ1) is 16.9. The molecule has 0 unspecified atom stereocenters. The number of rotatable bonds is 3. The molecule has 8 nitrogen and oxygen atoms in total. The summed E-state index contributed by atoms with van der Waals surface area (Å²) < 4.78 is 22.9. The summed E-state index contributed by atoms with van der Waals surface area (Å²) in [5.74, 6) is -0.703. The minimum Gasteiger partial charge on any atom is -0.341 e. The van der Waals surface area contributed by atoms with Gasteiger partial charge in [0.25, 0.3) is 0 Å². The number of hydrogen-bond acceptors (Lipinski definition) is 5. The van der Waals surface area contributed by atoms with Crippen LogP contribution in [0.15, 0.2) is 29.2 Å². The molecule has 3 rings (SSSR count). The molecule has 2 saturated heterocycles. The fraction of sp³-hybridized carbons (Fsp3) is 0.467. The minimum atomic E-state index is -3.85. The molecule has 2 aliphatic heterocycles. The van der Waals surface area contributed by atoms with Gasteiger partial charge in [-0.1, -0.05) is 6.07 Å². The van der Waals surface area contributed by atoms with Gasteiger partial charge in [-0.2, -0.15) is 0 Å². The molecule has 4 N–H and O–H groups in total. The van der Waals surface area contributed by atoms with Crippen LogP contribution in [0.2, 0.25) is 0 Å². The Bertz CT molecular complexity index is 779. The lowest BCUT2D eigenvalue weighted by molar-refractivity contribution is -0.134. The fourth-order valence-electron chi connectivity index (χ4n) is 3.20. The average molecular weight is 352 g/mol. The highest BCUT2D eigenvalue weighted by molar-refractivity contribution is 7.89. The smallest absolute Gasteiger partial charge is 0.238 e. The summed E-state index contributed by atoms with van der Waals surface area (Å²) in [5, 5.41) is 5.13. The Morgan fingerprint density at radius 2 is 2.00 bits per heavy atom. The fourth-order valence-corrected chi connectivity index (χ4v) is 3.75. The first-order valence-electron chi connectivity index (χ1n) is 7.73. The third kappa shape index (κ3) is 3.28. The van der Waals surface area contributed by atoms with Crippen molar-refractivity contribution in [2.45, 2.75) is 23.8 Å². The summed E-state index contributed by atoms with van der Waals surface area (Å²) in [5.41, 5.74) is 6.26. The Morgan fingerprint density at radius 1 is 1.25 bits per heavy atom. The van der Waals surface area contributed by atoms with E-state index < -0.39 is 15.9 Å². The van der Waals surface area contributed by atoms with E-state index in [9.17, 15) is 18.0 Å². The van der Waals surface area contributed by atoms with Crippen LogP contribution in [0.25, 0.3) is 0 Å². The molecule has 2 fully saturated rings. The number of hydrogen-bond donors (Lipinski definition) is 2. The van der Waals surface area contributed by atoms with E-state index in [-0.39, 0.29) is 35.7 Å². The molecule has 2 atom stereocenters. The molecule has 24 heavy (non-hydrogen) atoms. The van der Waals surface area contributed by atoms with Crippen molar-refractivity contribution >= 4 is 27.5 Å². The van der Waals surface area contributed by atoms with Gasteiger partial charge in [-0.3, -0.25) is 9.59 Å². The van der Waals surface area contributed by atoms with Gasteiger partial charge in [0.1, 0.15) is 0 Å². The van der Waals surface area contributed by atoms with Crippen molar-refractivity contribution < 1.29 is 18.0 Å². The number of primary sulfonamides is 1. The van der Waals surface area contributed by atoms with Crippen LogP contribution in [0.5, 0.6) is 0 Å². The number of nitrogens with two attached hydrogens (primary N) is 2. The maximum atomic E-state index is 12.5. The van der Waals surface area contributed by atoms with Gasteiger partial charge < -0.3 is 15.5 Å². The summed E-state index contributed by atoms with van der Waals surface area (Å²) in [6, 6.07) is 5.87. The van der Waals surface area contributed by atoms with E-state index in [1.54, 1.807) is 11.0 Å². The highest BCUT2D eigenvalue weighted by atomic mass is 32.2. The van der Waals surface area contributed by atoms with Gasteiger partial charge in [0, 0.05) is 37.8 Å². The molecule has 0 radical (unpaired) electrons. The van der Waals surface area contributed by atoms with Gasteiger partial charge in [0.05, 0.1) is 10.8 Å². The third-order valence-electron chi connectivity index (χ3n) is 4.47. The number of anilines is 1. The minimum absolute atomic E-state index is 0.00593. The molecular weight excluding hydrogens is 332 g/mol. The lowest BCUT2D eigenvalue weighted by Crippen LogP contribution is -2.37. The second kappa shape index (κ2) is 6.15. The molecule has 0 aliphatic carbocycles. The number of benzene rings is 1. The molecule has 1 aromatic rings. The van der Waals surface area contributed by atoms with Crippen molar-refractivity contribution in [1.29, 1.82) is 0 Å². The molecule has 1 aromatic carbocycles. The maximum Gasteiger partial charge on any atom is 0.238 e. The lowest BCUT2D eigenvalue weighted by atomic mass is 10.1. The normalized spacial score (nSPS) is 24.7. The van der Waals surface area contributed by atoms with Crippen molar-refractivity contribution in [3.8, 4) is 0 Å². The van der Waals surface area contributed by atoms with Crippen molar-refractivity contribution in [3.05, 3.63) is 24.3 Å². The average Bonchev–Trinajstić information content (AvgIpc) is 3.12. The van der Waals surface area contributed by atoms with Gasteiger partial charge in [-0.05, 0) is 24.6 Å². The van der Waals surface area contributed by atoms with Crippen LogP contribution >= 0.6 is 0 Å². The Labute approximate surface area is 140 Å². The van der Waals surface area contributed by atoms with E-state index in [0.29, 0.717) is 18.8 Å². The van der Waals surface area contributed by atoms with E-state index in [1.165, 1.54) is 23.1 Å². The predicted molar refractivity (Wildman–Crippen MR) is 87.4 cm³/mol. The van der Waals surface area contributed by atoms with Gasteiger partial charge in [-0.15, -0.1) is 0 Å². The van der Waals surface area contributed by atoms with Crippen molar-refractivity contribution in [3.63, 3.8) is 0 Å². The molecule has 130 valence electrons. The van der Waals surface area contributed by atoms with Crippen LogP contribution in [0, 0.1) is 5.92 Å². The van der Waals surface area contributed by atoms with E-state index in [4.69, 9.17) is 10.9 Å². The standard InChI is InChI=1S/C15H20N4O4S/c16-11-4-5-18(9-11)15(21)10-6-14(20)19(8-10)12-2-1-3-13(7-12)24(17,22)23/h1-3,7,10-11H,4-6,8-9,16H2,(H2,17,22,23)/t10-,11+/m1/s1. The number of carbonyl (C=O) groups excluding carboxylic acids is 2. The summed E-state index contributed by atoms with van der Waals surface area (Å²) in [7, 11) is -3.85. The second-order valence-electron chi connectivity index (χ2n) is 6.28. The summed E-state index contributed by atoms with van der Waals surface area (Å²) >= 11 is 0. The summed E-state index contributed by atoms with van der Waals surface area (Å²) in [4.78, 5) is 27.9. The van der Waals surface area contributed by atoms with Gasteiger partial charge >= 0.3 is 0 Å². The van der Waals surface area contributed by atoms with Crippen molar-refractivity contribution in [2.24, 2.45) is 16.8 Å². The summed E-state index contributed by atoms with van der Waals surface area (Å²) in [6.45, 7) is 1.37. The second-order valence-corrected chi connectivity index (χ2v) is 7.84. The largest absolute Gasteiger partial charge is 0.341 e. The number of amides is 2. The highest BCUT2D eigenvalue weighted by Gasteiger charge is 2.38. The quantitative estimate of drug-likeness (QED) is 0.740. The third-order valence-corrected chi connectivity index (χ3v) is 5.38. The molecule has 2 heterocycles. The molecule has 0 aromatic heterocycles. The molecule has 2 aliphatic rings. The molecule has 0 spiro atoms. The van der Waals surface area contributed by atoms with E-state index in [1.807, 2.05) is 0 Å². The van der Waals surface area contributed by atoms with E-state index in [2.05, 4.69) is 0 Å². The van der Waals surface area contributed by atoms with Crippen LogP contribution in [0.1, 0.15) is 12.8 Å². The molecule has 9 heteroatoms. The van der Waals surface area contributed by atoms with E-state index >= 15 is 0 Å². The Hall–Kier alpha value is -1.97. The molecule has 0 bridgehead atoms. The topological polar surface area (TPSA) is 127 Å². The van der Waals surface area contributed by atoms with Crippen LogP contribution in [-0.4, -0.2) is 50.8 Å². The number of carbonyl (C=O) groups is 2. The van der Waals surface area contributed by atoms with E-state index in [0.717, 1.165) is 6.42 Å². The first-order valence-corrected chi connectivity index (χ1v) is 9.28. The van der Waals surface area contributed by atoms with Gasteiger partial charge in [0.2, 0.25) is 21.8 Å². The zero-order chi connectivity index (χ0) is 17.5. The first-order chi connectivity index (χ1) is 11.3. The summed E-state index contributed by atoms with van der Waals surface area (Å²) in [6.07, 6.45) is 0.886. The number of nitrogens with zero attached hydrogens (tertiary/aromatic N) is 2. The van der Waals surface area contributed by atoms with Gasteiger partial charge in [-0.25, -0.2) is 13.6 Å². The number of sulfonamides is 1. The number of likely N-dealkylation sites (tertiary alicyclic amines) is 1. The molecule has 0 saturated carbocycles. The predicted octanol–water partition coefficient (Wildman–Crippen LogP) is -0.753. The Morgan fingerprint density at radius 3 is 2.62 bits per heavy atom. The van der Waals surface area contributed by atoms with Crippen molar-refractivity contribution in [2.75, 3.05) is 24.5 Å². The SMILES string of the molecule is N[C@H]1CCN(C(=O)[C@@H]2CC(=O)N(c3cccc(S(N)(=O)=O)c3)C2)C1.